The average Bonchev–Trinajstić information content (AvgIpc) is 2.37. The lowest BCUT2D eigenvalue weighted by atomic mass is 10.1. The third-order valence-electron chi connectivity index (χ3n) is 2.62. The van der Waals surface area contributed by atoms with Crippen LogP contribution in [0.15, 0.2) is 29.2 Å². The molecule has 1 unspecified atom stereocenters. The van der Waals surface area contributed by atoms with E-state index in [9.17, 15) is 14.0 Å². The fourth-order valence-electron chi connectivity index (χ4n) is 1.76. The maximum Gasteiger partial charge on any atom is 0.305 e. The normalized spacial score (nSPS) is 11.9. The molecule has 2 N–H and O–H groups in total. The molecule has 0 bridgehead atoms. The molecule has 0 aliphatic heterocycles. The van der Waals surface area contributed by atoms with E-state index in [2.05, 4.69) is 5.32 Å². The second kappa shape index (κ2) is 8.58. The molecule has 0 aliphatic rings. The number of nitrogens with one attached hydrogen (secondary N) is 1. The molecule has 1 rings (SSSR count). The molecule has 0 aliphatic carbocycles. The van der Waals surface area contributed by atoms with Gasteiger partial charge in [0, 0.05) is 10.9 Å². The van der Waals surface area contributed by atoms with Crippen LogP contribution in [-0.2, 0) is 9.59 Å². The highest BCUT2D eigenvalue weighted by Crippen LogP contribution is 2.20. The van der Waals surface area contributed by atoms with E-state index in [0.717, 1.165) is 18.2 Å². The first-order valence-corrected chi connectivity index (χ1v) is 7.40. The molecular formula is C14H18FNO3S. The number of thioether (sulfide) groups is 1. The zero-order valence-electron chi connectivity index (χ0n) is 11.3. The summed E-state index contributed by atoms with van der Waals surface area (Å²) in [4.78, 5) is 22.8. The number of halogens is 1. The molecule has 0 aromatic heterocycles. The zero-order chi connectivity index (χ0) is 15.0. The second-order valence-corrected chi connectivity index (χ2v) is 5.39. The molecule has 1 amide bonds. The van der Waals surface area contributed by atoms with Crippen LogP contribution in [0.3, 0.4) is 0 Å². The lowest BCUT2D eigenvalue weighted by Crippen LogP contribution is -2.37. The first-order chi connectivity index (χ1) is 9.52. The van der Waals surface area contributed by atoms with E-state index < -0.39 is 5.97 Å². The van der Waals surface area contributed by atoms with Crippen LogP contribution >= 0.6 is 11.8 Å². The van der Waals surface area contributed by atoms with E-state index in [0.29, 0.717) is 11.3 Å². The predicted octanol–water partition coefficient (Wildman–Crippen LogP) is 2.68. The summed E-state index contributed by atoms with van der Waals surface area (Å²) < 4.78 is 13.4. The second-order valence-electron chi connectivity index (χ2n) is 4.37. The summed E-state index contributed by atoms with van der Waals surface area (Å²) >= 11 is 1.10. The number of aliphatic carboxylic acids is 1. The van der Waals surface area contributed by atoms with Crippen molar-refractivity contribution in [3.8, 4) is 0 Å². The molecule has 20 heavy (non-hydrogen) atoms. The standard InChI is InChI=1S/C14H18FNO3S/c1-2-5-10(8-14(18)19)16-13(17)9-20-12-7-4-3-6-11(12)15/h3-4,6-7,10H,2,5,8-9H2,1H3,(H,16,17)(H,18,19). The van der Waals surface area contributed by atoms with E-state index in [1.165, 1.54) is 6.07 Å². The number of carboxylic acids is 1. The molecule has 0 spiro atoms. The van der Waals surface area contributed by atoms with Crippen molar-refractivity contribution in [2.75, 3.05) is 5.75 Å². The molecule has 4 nitrogen and oxygen atoms in total. The van der Waals surface area contributed by atoms with Gasteiger partial charge in [0.15, 0.2) is 0 Å². The Hall–Kier alpha value is -1.56. The van der Waals surface area contributed by atoms with Crippen LogP contribution in [-0.4, -0.2) is 28.8 Å². The Morgan fingerprint density at radius 1 is 1.40 bits per heavy atom. The molecule has 0 saturated heterocycles. The Morgan fingerprint density at radius 3 is 2.70 bits per heavy atom. The van der Waals surface area contributed by atoms with E-state index in [4.69, 9.17) is 5.11 Å². The first kappa shape index (κ1) is 16.5. The number of carbonyl (C=O) groups excluding carboxylic acids is 1. The fourth-order valence-corrected chi connectivity index (χ4v) is 2.51. The van der Waals surface area contributed by atoms with Gasteiger partial charge in [0.05, 0.1) is 12.2 Å². The number of rotatable bonds is 8. The number of hydrogen-bond donors (Lipinski definition) is 2. The van der Waals surface area contributed by atoms with Crippen molar-refractivity contribution in [3.63, 3.8) is 0 Å². The number of amides is 1. The van der Waals surface area contributed by atoms with Crippen molar-refractivity contribution in [2.24, 2.45) is 0 Å². The van der Waals surface area contributed by atoms with Crippen LogP contribution < -0.4 is 5.32 Å². The van der Waals surface area contributed by atoms with Crippen LogP contribution in [0.5, 0.6) is 0 Å². The topological polar surface area (TPSA) is 66.4 Å². The van der Waals surface area contributed by atoms with Crippen molar-refractivity contribution in [2.45, 2.75) is 37.1 Å². The van der Waals surface area contributed by atoms with Gasteiger partial charge >= 0.3 is 5.97 Å². The van der Waals surface area contributed by atoms with Gasteiger partial charge in [-0.25, -0.2) is 4.39 Å². The summed E-state index contributed by atoms with van der Waals surface area (Å²) in [6.45, 7) is 1.93. The van der Waals surface area contributed by atoms with Gasteiger partial charge in [-0.15, -0.1) is 11.8 Å². The largest absolute Gasteiger partial charge is 0.481 e. The summed E-state index contributed by atoms with van der Waals surface area (Å²) in [7, 11) is 0. The summed E-state index contributed by atoms with van der Waals surface area (Å²) in [5.74, 6) is -1.51. The van der Waals surface area contributed by atoms with Gasteiger partial charge in [0.2, 0.25) is 5.91 Å². The van der Waals surface area contributed by atoms with Crippen molar-refractivity contribution < 1.29 is 19.1 Å². The quantitative estimate of drug-likeness (QED) is 0.724. The van der Waals surface area contributed by atoms with Gasteiger partial charge in [-0.1, -0.05) is 25.5 Å². The Morgan fingerprint density at radius 2 is 2.10 bits per heavy atom. The fraction of sp³-hybridized carbons (Fsp3) is 0.429. The first-order valence-electron chi connectivity index (χ1n) is 6.41. The molecule has 110 valence electrons. The maximum atomic E-state index is 13.4. The molecule has 0 radical (unpaired) electrons. The Labute approximate surface area is 121 Å². The van der Waals surface area contributed by atoms with Crippen LogP contribution in [0.4, 0.5) is 4.39 Å². The van der Waals surface area contributed by atoms with Crippen molar-refractivity contribution >= 4 is 23.6 Å². The maximum absolute atomic E-state index is 13.4. The molecule has 6 heteroatoms. The monoisotopic (exact) mass is 299 g/mol. The lowest BCUT2D eigenvalue weighted by molar-refractivity contribution is -0.137. The molecule has 0 heterocycles. The molecule has 1 aromatic rings. The molecule has 0 fully saturated rings. The van der Waals surface area contributed by atoms with Crippen molar-refractivity contribution in [1.82, 2.24) is 5.32 Å². The SMILES string of the molecule is CCCC(CC(=O)O)NC(=O)CSc1ccccc1F. The summed E-state index contributed by atoms with van der Waals surface area (Å²) in [6.07, 6.45) is 1.31. The van der Waals surface area contributed by atoms with Gasteiger partial charge in [0.25, 0.3) is 0 Å². The molecule has 1 atom stereocenters. The minimum atomic E-state index is -0.939. The van der Waals surface area contributed by atoms with E-state index in [1.807, 2.05) is 6.92 Å². The summed E-state index contributed by atoms with van der Waals surface area (Å²) in [5.41, 5.74) is 0. The molecule has 1 aromatic carbocycles. The predicted molar refractivity (Wildman–Crippen MR) is 76.2 cm³/mol. The zero-order valence-corrected chi connectivity index (χ0v) is 12.1. The van der Waals surface area contributed by atoms with Crippen LogP contribution in [0.1, 0.15) is 26.2 Å². The van der Waals surface area contributed by atoms with Gasteiger partial charge in [-0.05, 0) is 18.6 Å². The molecular weight excluding hydrogens is 281 g/mol. The molecule has 0 saturated carbocycles. The van der Waals surface area contributed by atoms with Gasteiger partial charge in [0.1, 0.15) is 5.82 Å². The van der Waals surface area contributed by atoms with Gasteiger partial charge < -0.3 is 10.4 Å². The Balaban J connectivity index is 2.45. The number of carbonyl (C=O) groups is 2. The highest BCUT2D eigenvalue weighted by molar-refractivity contribution is 8.00. The van der Waals surface area contributed by atoms with Crippen LogP contribution in [0.2, 0.25) is 0 Å². The third-order valence-corrected chi connectivity index (χ3v) is 3.67. The number of hydrogen-bond acceptors (Lipinski definition) is 3. The van der Waals surface area contributed by atoms with Crippen LogP contribution in [0.25, 0.3) is 0 Å². The average molecular weight is 299 g/mol. The van der Waals surface area contributed by atoms with Crippen molar-refractivity contribution in [1.29, 1.82) is 0 Å². The van der Waals surface area contributed by atoms with E-state index in [1.54, 1.807) is 18.2 Å². The van der Waals surface area contributed by atoms with Crippen LogP contribution in [0, 0.1) is 5.82 Å². The van der Waals surface area contributed by atoms with E-state index in [-0.39, 0.29) is 29.9 Å². The number of carboxylic acid groups (broad SMARTS) is 1. The third kappa shape index (κ3) is 6.06. The lowest BCUT2D eigenvalue weighted by Gasteiger charge is -2.15. The van der Waals surface area contributed by atoms with Crippen molar-refractivity contribution in [3.05, 3.63) is 30.1 Å². The summed E-state index contributed by atoms with van der Waals surface area (Å²) in [6, 6.07) is 5.86. The smallest absolute Gasteiger partial charge is 0.305 e. The minimum absolute atomic E-state index is 0.0702. The minimum Gasteiger partial charge on any atom is -0.481 e. The summed E-state index contributed by atoms with van der Waals surface area (Å²) in [5, 5.41) is 11.4. The highest BCUT2D eigenvalue weighted by atomic mass is 32.2. The van der Waals surface area contributed by atoms with Gasteiger partial charge in [-0.2, -0.15) is 0 Å². The number of benzene rings is 1. The van der Waals surface area contributed by atoms with Gasteiger partial charge in [-0.3, -0.25) is 9.59 Å². The Kier molecular flexibility index (Phi) is 7.08. The Bertz CT molecular complexity index is 467. The van der Waals surface area contributed by atoms with E-state index >= 15 is 0 Å². The highest BCUT2D eigenvalue weighted by Gasteiger charge is 2.15.